The molecule has 1 aromatic carbocycles. The van der Waals surface area contributed by atoms with Gasteiger partial charge in [0.15, 0.2) is 0 Å². The lowest BCUT2D eigenvalue weighted by molar-refractivity contribution is -0.139. The number of benzene rings is 1. The number of pyridine rings is 2. The highest BCUT2D eigenvalue weighted by Gasteiger charge is 2.59. The SMILES string of the molecule is Cc1cccc(C)c1-c1cc(COc2cc3c(cn2)C2C(C3)C2C(=O)O)c(F)cn1. The molecule has 0 radical (unpaired) electrons. The first-order valence-electron chi connectivity index (χ1n) is 9.99. The molecular formula is C24H21FN2O3. The van der Waals surface area contributed by atoms with Crippen LogP contribution in [0.4, 0.5) is 4.39 Å². The number of halogens is 1. The van der Waals surface area contributed by atoms with Gasteiger partial charge in [0, 0.05) is 29.3 Å². The van der Waals surface area contributed by atoms with Crippen LogP contribution in [-0.4, -0.2) is 21.0 Å². The zero-order valence-electron chi connectivity index (χ0n) is 16.7. The maximum absolute atomic E-state index is 14.4. The quantitative estimate of drug-likeness (QED) is 0.680. The van der Waals surface area contributed by atoms with Gasteiger partial charge in [0.25, 0.3) is 0 Å². The maximum atomic E-state index is 14.4. The van der Waals surface area contributed by atoms with Crippen molar-refractivity contribution in [3.05, 3.63) is 76.4 Å². The number of fused-ring (bicyclic) bond motifs is 3. The number of carbonyl (C=O) groups is 1. The maximum Gasteiger partial charge on any atom is 0.307 e. The third-order valence-electron chi connectivity index (χ3n) is 6.32. The van der Waals surface area contributed by atoms with Crippen LogP contribution < -0.4 is 4.74 Å². The van der Waals surface area contributed by atoms with Gasteiger partial charge < -0.3 is 9.84 Å². The van der Waals surface area contributed by atoms with E-state index in [0.717, 1.165) is 34.2 Å². The van der Waals surface area contributed by atoms with Crippen molar-refractivity contribution in [3.8, 4) is 17.1 Å². The highest BCUT2D eigenvalue weighted by molar-refractivity contribution is 5.77. The van der Waals surface area contributed by atoms with Crippen LogP contribution in [0.3, 0.4) is 0 Å². The van der Waals surface area contributed by atoms with Crippen LogP contribution in [0.1, 0.15) is 33.7 Å². The van der Waals surface area contributed by atoms with Crippen LogP contribution in [-0.2, 0) is 17.8 Å². The fourth-order valence-electron chi connectivity index (χ4n) is 4.78. The number of aromatic nitrogens is 2. The van der Waals surface area contributed by atoms with Crippen molar-refractivity contribution in [2.45, 2.75) is 32.8 Å². The van der Waals surface area contributed by atoms with Crippen LogP contribution in [0.15, 0.2) is 42.7 Å². The van der Waals surface area contributed by atoms with E-state index in [1.807, 2.05) is 38.1 Å². The lowest BCUT2D eigenvalue weighted by atomic mass is 9.99. The van der Waals surface area contributed by atoms with Crippen molar-refractivity contribution < 1.29 is 19.0 Å². The number of aliphatic carboxylic acids is 1. The zero-order chi connectivity index (χ0) is 21.0. The summed E-state index contributed by atoms with van der Waals surface area (Å²) in [6.07, 6.45) is 3.68. The first-order chi connectivity index (χ1) is 14.4. The number of carboxylic acids is 1. The van der Waals surface area contributed by atoms with E-state index >= 15 is 0 Å². The average Bonchev–Trinajstić information content (AvgIpc) is 3.31. The Labute approximate surface area is 173 Å². The number of ether oxygens (including phenoxy) is 1. The summed E-state index contributed by atoms with van der Waals surface area (Å²) < 4.78 is 20.1. The number of aryl methyl sites for hydroxylation is 2. The van der Waals surface area contributed by atoms with E-state index in [0.29, 0.717) is 17.1 Å². The fraction of sp³-hybridized carbons (Fsp3) is 0.292. The Bertz CT molecular complexity index is 1160. The molecule has 1 N–H and O–H groups in total. The van der Waals surface area contributed by atoms with Gasteiger partial charge in [-0.3, -0.25) is 9.78 Å². The molecule has 2 heterocycles. The summed E-state index contributed by atoms with van der Waals surface area (Å²) in [4.78, 5) is 19.8. The highest BCUT2D eigenvalue weighted by Crippen LogP contribution is 2.61. The Balaban J connectivity index is 1.35. The van der Waals surface area contributed by atoms with Gasteiger partial charge >= 0.3 is 5.97 Å². The first-order valence-corrected chi connectivity index (χ1v) is 9.99. The molecule has 3 atom stereocenters. The second kappa shape index (κ2) is 6.90. The summed E-state index contributed by atoms with van der Waals surface area (Å²) in [5, 5.41) is 9.23. The van der Waals surface area contributed by atoms with E-state index in [-0.39, 0.29) is 24.4 Å². The molecule has 30 heavy (non-hydrogen) atoms. The monoisotopic (exact) mass is 404 g/mol. The molecule has 0 saturated heterocycles. The van der Waals surface area contributed by atoms with Crippen molar-refractivity contribution >= 4 is 5.97 Å². The molecule has 152 valence electrons. The fourth-order valence-corrected chi connectivity index (χ4v) is 4.78. The molecule has 0 aliphatic heterocycles. The molecule has 1 fully saturated rings. The second-order valence-electron chi connectivity index (χ2n) is 8.20. The van der Waals surface area contributed by atoms with Gasteiger partial charge in [-0.1, -0.05) is 18.2 Å². The lowest BCUT2D eigenvalue weighted by Gasteiger charge is -2.12. The third-order valence-corrected chi connectivity index (χ3v) is 6.32. The van der Waals surface area contributed by atoms with Crippen molar-refractivity contribution in [3.63, 3.8) is 0 Å². The number of carboxylic acid groups (broad SMARTS) is 1. The smallest absolute Gasteiger partial charge is 0.307 e. The van der Waals surface area contributed by atoms with Crippen LogP contribution in [0, 0.1) is 31.5 Å². The van der Waals surface area contributed by atoms with Gasteiger partial charge in [-0.05, 0) is 54.5 Å². The highest BCUT2D eigenvalue weighted by atomic mass is 19.1. The predicted molar refractivity (Wildman–Crippen MR) is 109 cm³/mol. The Hall–Kier alpha value is -3.28. The molecule has 5 rings (SSSR count). The van der Waals surface area contributed by atoms with Crippen molar-refractivity contribution in [1.82, 2.24) is 9.97 Å². The average molecular weight is 404 g/mol. The minimum absolute atomic E-state index is 0.0443. The predicted octanol–water partition coefficient (Wildman–Crippen LogP) is 4.45. The van der Waals surface area contributed by atoms with Gasteiger partial charge in [-0.15, -0.1) is 0 Å². The molecular weight excluding hydrogens is 383 g/mol. The topological polar surface area (TPSA) is 72.3 Å². The largest absolute Gasteiger partial charge is 0.481 e. The van der Waals surface area contributed by atoms with E-state index in [1.165, 1.54) is 6.20 Å². The number of hydrogen-bond acceptors (Lipinski definition) is 4. The van der Waals surface area contributed by atoms with E-state index in [1.54, 1.807) is 12.3 Å². The third kappa shape index (κ3) is 3.03. The van der Waals surface area contributed by atoms with E-state index in [9.17, 15) is 14.3 Å². The van der Waals surface area contributed by atoms with Crippen LogP contribution in [0.25, 0.3) is 11.3 Å². The van der Waals surface area contributed by atoms with E-state index < -0.39 is 11.8 Å². The zero-order valence-corrected chi connectivity index (χ0v) is 16.7. The minimum atomic E-state index is -0.733. The van der Waals surface area contributed by atoms with Gasteiger partial charge in [0.1, 0.15) is 12.4 Å². The standard InChI is InChI=1S/C24H21FN2O3/c1-12-4-3-5-13(2)21(12)19-7-15(18(25)10-26-19)11-30-20-8-14-6-16-22(17(14)9-27-20)23(16)24(28)29/h3-5,7-10,16,22-23H,6,11H2,1-2H3,(H,28,29). The molecule has 1 saturated carbocycles. The van der Waals surface area contributed by atoms with Crippen LogP contribution in [0.5, 0.6) is 5.88 Å². The molecule has 2 aliphatic carbocycles. The van der Waals surface area contributed by atoms with Gasteiger partial charge in [0.05, 0.1) is 17.8 Å². The van der Waals surface area contributed by atoms with Crippen LogP contribution in [0.2, 0.25) is 0 Å². The molecule has 0 spiro atoms. The van der Waals surface area contributed by atoms with E-state index in [4.69, 9.17) is 4.74 Å². The summed E-state index contributed by atoms with van der Waals surface area (Å²) in [6.45, 7) is 4.07. The summed E-state index contributed by atoms with van der Waals surface area (Å²) in [6, 6.07) is 9.59. The molecule has 0 bridgehead atoms. The van der Waals surface area contributed by atoms with Crippen molar-refractivity contribution in [2.75, 3.05) is 0 Å². The molecule has 2 aliphatic rings. The van der Waals surface area contributed by atoms with Crippen molar-refractivity contribution in [2.24, 2.45) is 11.8 Å². The summed E-state index contributed by atoms with van der Waals surface area (Å²) in [5.74, 6) is -0.753. The molecule has 5 nitrogen and oxygen atoms in total. The Morgan fingerprint density at radius 1 is 1.20 bits per heavy atom. The normalized spacial score (nSPS) is 21.1. The number of nitrogens with zero attached hydrogens (tertiary/aromatic N) is 2. The summed E-state index contributed by atoms with van der Waals surface area (Å²) in [5.41, 5.74) is 6.39. The minimum Gasteiger partial charge on any atom is -0.481 e. The van der Waals surface area contributed by atoms with Gasteiger partial charge in [-0.25, -0.2) is 9.37 Å². The number of hydrogen-bond donors (Lipinski definition) is 1. The molecule has 2 aromatic heterocycles. The van der Waals surface area contributed by atoms with Crippen molar-refractivity contribution in [1.29, 1.82) is 0 Å². The summed E-state index contributed by atoms with van der Waals surface area (Å²) >= 11 is 0. The second-order valence-corrected chi connectivity index (χ2v) is 8.20. The first kappa shape index (κ1) is 18.7. The van der Waals surface area contributed by atoms with E-state index in [2.05, 4.69) is 9.97 Å². The molecule has 6 heteroatoms. The molecule has 0 amide bonds. The Morgan fingerprint density at radius 2 is 1.97 bits per heavy atom. The molecule has 3 unspecified atom stereocenters. The summed E-state index contributed by atoms with van der Waals surface area (Å²) in [7, 11) is 0. The van der Waals surface area contributed by atoms with Gasteiger partial charge in [-0.2, -0.15) is 0 Å². The van der Waals surface area contributed by atoms with Gasteiger partial charge in [0.2, 0.25) is 5.88 Å². The number of rotatable bonds is 5. The Kier molecular flexibility index (Phi) is 4.31. The molecule has 3 aromatic rings. The lowest BCUT2D eigenvalue weighted by Crippen LogP contribution is -2.06. The Morgan fingerprint density at radius 3 is 2.70 bits per heavy atom. The van der Waals surface area contributed by atoms with Crippen LogP contribution >= 0.6 is 0 Å².